The molecule has 1 fully saturated rings. The largest absolute Gasteiger partial charge is 0.496 e. The number of benzene rings is 3. The smallest absolute Gasteiger partial charge is 0.416 e. The Morgan fingerprint density at radius 2 is 1.62 bits per heavy atom. The predicted octanol–water partition coefficient (Wildman–Crippen LogP) is 9.95. The van der Waals surface area contributed by atoms with Crippen LogP contribution in [0.4, 0.5) is 31.1 Å². The van der Waals surface area contributed by atoms with Crippen LogP contribution in [-0.2, 0) is 17.1 Å². The van der Waals surface area contributed by atoms with Crippen molar-refractivity contribution in [1.29, 1.82) is 0 Å². The van der Waals surface area contributed by atoms with Gasteiger partial charge in [-0.1, -0.05) is 26.0 Å². The number of aromatic carboxylic acids is 1. The van der Waals surface area contributed by atoms with Crippen LogP contribution in [0.3, 0.4) is 0 Å². The van der Waals surface area contributed by atoms with E-state index in [4.69, 9.17) is 9.47 Å². The molecule has 1 amide bonds. The average molecular weight is 676 g/mol. The third-order valence-electron chi connectivity index (χ3n) is 9.17. The van der Waals surface area contributed by atoms with Gasteiger partial charge in [-0.3, -0.25) is 4.90 Å². The van der Waals surface area contributed by atoms with Crippen molar-refractivity contribution >= 4 is 17.6 Å². The number of rotatable bonds is 7. The van der Waals surface area contributed by atoms with Gasteiger partial charge < -0.3 is 14.6 Å². The lowest BCUT2D eigenvalue weighted by molar-refractivity contribution is -0.143. The summed E-state index contributed by atoms with van der Waals surface area (Å²) in [5, 5.41) is 9.40. The van der Waals surface area contributed by atoms with Gasteiger partial charge in [-0.2, -0.15) is 26.3 Å². The minimum atomic E-state index is -5.04. The summed E-state index contributed by atoms with van der Waals surface area (Å²) in [5.41, 5.74) is 1.59. The number of methoxy groups -OCH3 is 1. The van der Waals surface area contributed by atoms with Crippen molar-refractivity contribution in [2.45, 2.75) is 71.5 Å². The fourth-order valence-corrected chi connectivity index (χ4v) is 6.63. The van der Waals surface area contributed by atoms with Gasteiger partial charge in [0, 0.05) is 12.1 Å². The number of carbonyl (C=O) groups is 2. The number of ether oxygens (including phenoxy) is 2. The highest BCUT2D eigenvalue weighted by Gasteiger charge is 2.44. The Labute approximate surface area is 274 Å². The average Bonchev–Trinajstić information content (AvgIpc) is 3.27. The maximum absolute atomic E-state index is 13.6. The lowest BCUT2D eigenvalue weighted by Gasteiger charge is -2.36. The van der Waals surface area contributed by atoms with Crippen LogP contribution in [0.1, 0.15) is 84.3 Å². The van der Waals surface area contributed by atoms with Crippen LogP contribution in [-0.4, -0.2) is 41.8 Å². The number of carbonyl (C=O) groups excluding carboxylic acids is 1. The fourth-order valence-electron chi connectivity index (χ4n) is 6.63. The molecule has 1 saturated heterocycles. The first-order valence-corrected chi connectivity index (χ1v) is 15.3. The lowest BCUT2D eigenvalue weighted by Crippen LogP contribution is -2.35. The summed E-state index contributed by atoms with van der Waals surface area (Å²) in [4.78, 5) is 26.1. The van der Waals surface area contributed by atoms with Gasteiger partial charge in [-0.05, 0) is 114 Å². The summed E-state index contributed by atoms with van der Waals surface area (Å²) in [6.07, 6.45) is -10.3. The molecule has 3 aromatic rings. The molecule has 3 aromatic carbocycles. The molecule has 6 nitrogen and oxygen atoms in total. The third-order valence-corrected chi connectivity index (χ3v) is 9.17. The van der Waals surface area contributed by atoms with Gasteiger partial charge >= 0.3 is 24.4 Å². The molecule has 0 unspecified atom stereocenters. The van der Waals surface area contributed by atoms with E-state index >= 15 is 0 Å². The Balaban J connectivity index is 1.55. The van der Waals surface area contributed by atoms with Crippen LogP contribution in [0.25, 0.3) is 16.7 Å². The molecule has 1 aliphatic carbocycles. The first-order valence-electron chi connectivity index (χ1n) is 15.3. The molecule has 0 bridgehead atoms. The summed E-state index contributed by atoms with van der Waals surface area (Å²) in [6.45, 7) is 7.57. The van der Waals surface area contributed by atoms with E-state index in [0.29, 0.717) is 30.7 Å². The molecular weight excluding hydrogens is 640 g/mol. The number of carboxylic acids is 1. The maximum Gasteiger partial charge on any atom is 0.416 e. The van der Waals surface area contributed by atoms with Gasteiger partial charge in [0.15, 0.2) is 0 Å². The molecule has 0 saturated carbocycles. The van der Waals surface area contributed by atoms with Crippen LogP contribution < -0.4 is 4.74 Å². The minimum Gasteiger partial charge on any atom is -0.496 e. The van der Waals surface area contributed by atoms with Gasteiger partial charge in [0.25, 0.3) is 0 Å². The second-order valence-electron chi connectivity index (χ2n) is 13.2. The molecule has 0 spiro atoms. The lowest BCUT2D eigenvalue weighted by atomic mass is 9.72. The number of hydrogen-bond acceptors (Lipinski definition) is 4. The molecule has 2 aliphatic rings. The quantitative estimate of drug-likeness (QED) is 0.252. The second kappa shape index (κ2) is 12.5. The molecule has 12 heteroatoms. The summed E-state index contributed by atoms with van der Waals surface area (Å²) < 4.78 is 92.8. The monoisotopic (exact) mass is 675 g/mol. The first kappa shape index (κ1) is 34.8. The molecule has 0 aromatic heterocycles. The van der Waals surface area contributed by atoms with Crippen LogP contribution in [0.15, 0.2) is 60.2 Å². The molecule has 1 aliphatic heterocycles. The Bertz CT molecular complexity index is 1760. The van der Waals surface area contributed by atoms with Crippen molar-refractivity contribution in [2.24, 2.45) is 5.41 Å². The zero-order chi connectivity index (χ0) is 35.3. The summed E-state index contributed by atoms with van der Waals surface area (Å²) >= 11 is 0. The van der Waals surface area contributed by atoms with Crippen LogP contribution >= 0.6 is 0 Å². The molecule has 5 rings (SSSR count). The van der Waals surface area contributed by atoms with Gasteiger partial charge in [0.05, 0.1) is 29.8 Å². The van der Waals surface area contributed by atoms with Crippen molar-refractivity contribution in [1.82, 2.24) is 4.90 Å². The van der Waals surface area contributed by atoms with Crippen molar-refractivity contribution in [2.75, 3.05) is 13.7 Å². The van der Waals surface area contributed by atoms with Crippen LogP contribution in [0.2, 0.25) is 0 Å². The highest BCUT2D eigenvalue weighted by Crippen LogP contribution is 2.47. The molecule has 48 heavy (non-hydrogen) atoms. The Hall–Kier alpha value is -4.48. The number of cyclic esters (lactones) is 1. The number of amides is 1. The standard InChI is InChI=1S/C36H35F6NO5/c1-19-12-22(32(44)45)6-8-27(19)21-7-9-30(47-5)29(15-21)28-10-11-34(3,4)17-24(28)18-43-20(2)31(48-33(43)46)23-13-25(35(37,38)39)16-26(14-23)36(40,41)42/h6-9,12-16,20,31H,10-11,17-18H2,1-5H3,(H,44,45)/t20-,31-/m1/s1. The van der Waals surface area contributed by atoms with E-state index < -0.39 is 53.3 Å². The Kier molecular flexibility index (Phi) is 9.09. The topological polar surface area (TPSA) is 76.1 Å². The predicted molar refractivity (Wildman–Crippen MR) is 167 cm³/mol. The summed E-state index contributed by atoms with van der Waals surface area (Å²) in [7, 11) is 1.53. The number of aryl methyl sites for hydroxylation is 1. The number of nitrogens with zero attached hydrogens (tertiary/aromatic N) is 1. The maximum atomic E-state index is 13.6. The number of halogens is 6. The molecule has 256 valence electrons. The van der Waals surface area contributed by atoms with Crippen LogP contribution in [0, 0.1) is 12.3 Å². The van der Waals surface area contributed by atoms with Crippen molar-refractivity contribution in [3.05, 3.63) is 93.6 Å². The van der Waals surface area contributed by atoms with E-state index in [-0.39, 0.29) is 23.6 Å². The number of alkyl halides is 6. The van der Waals surface area contributed by atoms with E-state index in [0.717, 1.165) is 39.8 Å². The van der Waals surface area contributed by atoms with E-state index in [1.807, 2.05) is 25.1 Å². The van der Waals surface area contributed by atoms with Gasteiger partial charge in [-0.25, -0.2) is 9.59 Å². The Morgan fingerprint density at radius 1 is 0.979 bits per heavy atom. The van der Waals surface area contributed by atoms with Gasteiger partial charge in [0.1, 0.15) is 11.9 Å². The van der Waals surface area contributed by atoms with E-state index in [1.54, 1.807) is 19.1 Å². The van der Waals surface area contributed by atoms with Crippen LogP contribution in [0.5, 0.6) is 5.75 Å². The summed E-state index contributed by atoms with van der Waals surface area (Å²) in [6, 6.07) is 10.9. The van der Waals surface area contributed by atoms with Crippen molar-refractivity contribution < 1.29 is 50.5 Å². The Morgan fingerprint density at radius 3 is 2.19 bits per heavy atom. The molecule has 1 heterocycles. The van der Waals surface area contributed by atoms with Gasteiger partial charge in [0.2, 0.25) is 0 Å². The molecular formula is C36H35F6NO5. The fraction of sp³-hybridized carbons (Fsp3) is 0.389. The molecule has 0 radical (unpaired) electrons. The third kappa shape index (κ3) is 7.02. The number of carboxylic acid groups (broad SMARTS) is 1. The van der Waals surface area contributed by atoms with E-state index in [2.05, 4.69) is 13.8 Å². The van der Waals surface area contributed by atoms with Crippen molar-refractivity contribution in [3.8, 4) is 16.9 Å². The zero-order valence-electron chi connectivity index (χ0n) is 27.0. The van der Waals surface area contributed by atoms with Gasteiger partial charge in [-0.15, -0.1) is 0 Å². The zero-order valence-corrected chi connectivity index (χ0v) is 27.0. The highest BCUT2D eigenvalue weighted by molar-refractivity contribution is 5.89. The van der Waals surface area contributed by atoms with E-state index in [1.165, 1.54) is 18.1 Å². The SMILES string of the molecule is COc1ccc(-c2ccc(C(=O)O)cc2C)cc1C1=C(CN2C(=O)O[C@@H](c3cc(C(F)(F)F)cc(C(F)(F)F)c3)[C@H]2C)CC(C)(C)CC1. The number of hydrogen-bond donors (Lipinski definition) is 1. The van der Waals surface area contributed by atoms with Crippen molar-refractivity contribution in [3.63, 3.8) is 0 Å². The molecule has 2 atom stereocenters. The second-order valence-corrected chi connectivity index (χ2v) is 13.2. The normalized spacial score (nSPS) is 19.8. The highest BCUT2D eigenvalue weighted by atomic mass is 19.4. The summed E-state index contributed by atoms with van der Waals surface area (Å²) in [5.74, 6) is -0.463. The van der Waals surface area contributed by atoms with E-state index in [9.17, 15) is 41.0 Å². The molecule has 1 N–H and O–H groups in total. The first-order chi connectivity index (χ1) is 22.3. The minimum absolute atomic E-state index is 0.0417. The number of allylic oxidation sites excluding steroid dienone is 1.